The summed E-state index contributed by atoms with van der Waals surface area (Å²) < 4.78 is 72.0. The molecular weight excluding hydrogens is 986 g/mol. The topological polar surface area (TPSA) is 50.9 Å². The van der Waals surface area contributed by atoms with Gasteiger partial charge in [0.15, 0.2) is 0 Å². The SMILES string of the molecule is [2H]c1nc(-c2[c-]c(-c3cccc4c3nc(-c3cc(C(C)(C)C)cc(C(C)(C)C)c3O)n4-c3ccc(C(C)(C)C(C)(C)C)cc3-c3ccccc3)cc(C(C)(C)C)c2)c([2H])c(-c2c([2H])c([2H])c([2H])c([2H])c2[2H])c1[2H].[Pt]. The first kappa shape index (κ1) is 38.5. The smallest absolute Gasteiger partial charge is 0.148 e. The predicted molar refractivity (Wildman–Crippen MR) is 275 cm³/mol. The van der Waals surface area contributed by atoms with Gasteiger partial charge in [-0.25, -0.2) is 4.98 Å². The van der Waals surface area contributed by atoms with Crippen LogP contribution < -0.4 is 0 Å². The Kier molecular flexibility index (Phi) is 10.3. The van der Waals surface area contributed by atoms with Crippen molar-refractivity contribution < 1.29 is 37.1 Å². The number of aromatic nitrogens is 3. The molecular formula is C61H66N3OPt-. The third kappa shape index (κ3) is 9.24. The van der Waals surface area contributed by atoms with Gasteiger partial charge in [-0.15, -0.1) is 29.3 Å². The summed E-state index contributed by atoms with van der Waals surface area (Å²) in [6, 6.07) is 30.7. The number of imidazole rings is 1. The second-order valence-corrected chi connectivity index (χ2v) is 22.0. The second-order valence-electron chi connectivity index (χ2n) is 22.0. The van der Waals surface area contributed by atoms with Crippen molar-refractivity contribution in [3.63, 3.8) is 0 Å². The Morgan fingerprint density at radius 3 is 1.85 bits per heavy atom. The molecule has 0 fully saturated rings. The van der Waals surface area contributed by atoms with Crippen LogP contribution in [0.3, 0.4) is 0 Å². The fraction of sp³-hybridized carbons (Fsp3) is 0.311. The van der Waals surface area contributed by atoms with Crippen molar-refractivity contribution in [2.75, 3.05) is 0 Å². The quantitative estimate of drug-likeness (QED) is 0.162. The van der Waals surface area contributed by atoms with Gasteiger partial charge < -0.3 is 5.11 Å². The minimum atomic E-state index is -0.608. The van der Waals surface area contributed by atoms with Crippen molar-refractivity contribution in [1.82, 2.24) is 14.5 Å². The molecule has 0 unspecified atom stereocenters. The minimum Gasteiger partial charge on any atom is -0.507 e. The van der Waals surface area contributed by atoms with Gasteiger partial charge in [-0.05, 0) is 85.2 Å². The van der Waals surface area contributed by atoms with Crippen LogP contribution >= 0.6 is 0 Å². The number of hydrogen-bond donors (Lipinski definition) is 1. The van der Waals surface area contributed by atoms with Crippen molar-refractivity contribution in [3.8, 4) is 67.5 Å². The predicted octanol–water partition coefficient (Wildman–Crippen LogP) is 16.5. The molecule has 8 aromatic rings. The molecule has 2 heterocycles. The molecule has 8 rings (SSSR count). The number of aromatic hydroxyl groups is 1. The van der Waals surface area contributed by atoms with Gasteiger partial charge in [0.05, 0.1) is 33.3 Å². The Bertz CT molecular complexity index is 3490. The van der Waals surface area contributed by atoms with E-state index < -0.39 is 53.3 Å². The van der Waals surface area contributed by atoms with E-state index in [4.69, 9.17) is 14.6 Å². The van der Waals surface area contributed by atoms with Crippen LogP contribution in [0.2, 0.25) is 0 Å². The molecule has 0 amide bonds. The molecule has 0 bridgehead atoms. The van der Waals surface area contributed by atoms with Crippen LogP contribution in [0, 0.1) is 11.5 Å². The molecule has 0 aliphatic rings. The van der Waals surface area contributed by atoms with E-state index in [1.54, 1.807) is 0 Å². The van der Waals surface area contributed by atoms with Crippen LogP contribution in [0.5, 0.6) is 5.75 Å². The van der Waals surface area contributed by atoms with Gasteiger partial charge in [0.25, 0.3) is 0 Å². The first-order chi connectivity index (χ1) is 33.7. The van der Waals surface area contributed by atoms with Crippen molar-refractivity contribution in [2.45, 2.75) is 119 Å². The maximum atomic E-state index is 12.7. The van der Waals surface area contributed by atoms with Crippen molar-refractivity contribution in [2.24, 2.45) is 5.41 Å². The Labute approximate surface area is 420 Å². The molecule has 0 spiro atoms. The van der Waals surface area contributed by atoms with Gasteiger partial charge in [0.2, 0.25) is 0 Å². The molecule has 0 radical (unpaired) electrons. The number of hydrogen-bond acceptors (Lipinski definition) is 3. The number of phenolic OH excluding ortho intramolecular Hbond substituents is 1. The third-order valence-electron chi connectivity index (χ3n) is 13.3. The van der Waals surface area contributed by atoms with Crippen LogP contribution in [-0.2, 0) is 42.7 Å². The summed E-state index contributed by atoms with van der Waals surface area (Å²) in [6.45, 7) is 30.3. The van der Waals surface area contributed by atoms with Gasteiger partial charge in [-0.3, -0.25) is 9.55 Å². The van der Waals surface area contributed by atoms with Gasteiger partial charge in [0, 0.05) is 44.1 Å². The van der Waals surface area contributed by atoms with Gasteiger partial charge >= 0.3 is 0 Å². The van der Waals surface area contributed by atoms with Crippen molar-refractivity contribution in [3.05, 3.63) is 168 Å². The Balaban J connectivity index is 0.00000800. The van der Waals surface area contributed by atoms with Gasteiger partial charge in [-0.1, -0.05) is 199 Å². The van der Waals surface area contributed by atoms with E-state index >= 15 is 0 Å². The molecule has 4 nitrogen and oxygen atoms in total. The second kappa shape index (κ2) is 17.6. The van der Waals surface area contributed by atoms with Crippen LogP contribution in [0.15, 0.2) is 139 Å². The summed E-state index contributed by atoms with van der Waals surface area (Å²) in [5, 5.41) is 12.7. The zero-order valence-corrected chi connectivity index (χ0v) is 43.0. The average molecular weight is 1060 g/mol. The van der Waals surface area contributed by atoms with Crippen LogP contribution in [-0.4, -0.2) is 19.6 Å². The number of nitrogens with zero attached hydrogens (tertiary/aromatic N) is 3. The molecule has 5 heteroatoms. The summed E-state index contributed by atoms with van der Waals surface area (Å²) in [5.74, 6) is 0.675. The Morgan fingerprint density at radius 2 is 1.21 bits per heavy atom. The van der Waals surface area contributed by atoms with Gasteiger partial charge in [0.1, 0.15) is 11.6 Å². The number of pyridine rings is 1. The summed E-state index contributed by atoms with van der Waals surface area (Å²) in [4.78, 5) is 10.1. The summed E-state index contributed by atoms with van der Waals surface area (Å²) >= 11 is 0. The largest absolute Gasteiger partial charge is 0.507 e. The number of benzene rings is 6. The van der Waals surface area contributed by atoms with Crippen LogP contribution in [0.4, 0.5) is 0 Å². The first-order valence-electron chi connectivity index (χ1n) is 26.5. The van der Waals surface area contributed by atoms with Crippen molar-refractivity contribution in [1.29, 1.82) is 0 Å². The maximum absolute atomic E-state index is 12.7. The number of fused-ring (bicyclic) bond motifs is 1. The Morgan fingerprint density at radius 1 is 0.576 bits per heavy atom. The molecule has 0 atom stereocenters. The summed E-state index contributed by atoms with van der Waals surface area (Å²) in [5.41, 5.74) is 8.14. The molecule has 0 saturated carbocycles. The number of rotatable bonds is 7. The number of para-hydroxylation sites is 1. The Hall–Kier alpha value is -5.57. The molecule has 2 aromatic heterocycles. The molecule has 6 aromatic carbocycles. The standard InChI is InChI=1S/C61H66N3O.Pt/c1-57(2,3)45-33-42(32-43(34-45)51-35-41(30-31-62-51)39-22-17-15-18-23-39)47-26-21-27-53-54(47)63-56(49-37-46(58(4,5)6)38-50(55(49)65)59(7,8)9)64(53)52-29-28-44(61(13,14)60(10,11)12)36-48(52)40-24-19-16-20-25-40;/h15-31,33-38,65H,1-14H3;/q-1;/i15D,17D,18D,22D,23D,30D,31D,35D;. The van der Waals surface area contributed by atoms with E-state index in [0.29, 0.717) is 33.6 Å². The van der Waals surface area contributed by atoms with Crippen LogP contribution in [0.1, 0.15) is 130 Å². The fourth-order valence-electron chi connectivity index (χ4n) is 8.17. The van der Waals surface area contributed by atoms with E-state index in [0.717, 1.165) is 39.0 Å². The average Bonchev–Trinajstić information content (AvgIpc) is 3.70. The molecule has 0 aliphatic heterocycles. The zero-order valence-electron chi connectivity index (χ0n) is 48.8. The monoisotopic (exact) mass is 1060 g/mol. The summed E-state index contributed by atoms with van der Waals surface area (Å²) in [6.07, 6.45) is -0.521. The molecule has 0 aliphatic carbocycles. The maximum Gasteiger partial charge on any atom is 0.148 e. The molecule has 66 heavy (non-hydrogen) atoms. The third-order valence-corrected chi connectivity index (χ3v) is 13.3. The van der Waals surface area contributed by atoms with E-state index in [2.05, 4.69) is 155 Å². The fourth-order valence-corrected chi connectivity index (χ4v) is 8.17. The van der Waals surface area contributed by atoms with E-state index in [1.807, 2.05) is 48.5 Å². The van der Waals surface area contributed by atoms with Crippen LogP contribution in [0.25, 0.3) is 72.7 Å². The van der Waals surface area contributed by atoms with E-state index in [-0.39, 0.29) is 65.9 Å². The molecule has 0 saturated heterocycles. The minimum absolute atomic E-state index is 0. The zero-order chi connectivity index (χ0) is 53.8. The first-order valence-corrected chi connectivity index (χ1v) is 22.5. The number of phenols is 1. The summed E-state index contributed by atoms with van der Waals surface area (Å²) in [7, 11) is 0. The van der Waals surface area contributed by atoms with Gasteiger partial charge in [-0.2, -0.15) is 0 Å². The van der Waals surface area contributed by atoms with E-state index in [1.165, 1.54) is 5.56 Å². The molecule has 1 N–H and O–H groups in total. The normalized spacial score (nSPS) is 14.3. The van der Waals surface area contributed by atoms with E-state index in [9.17, 15) is 6.48 Å². The molecule has 342 valence electrons. The van der Waals surface area contributed by atoms with Crippen molar-refractivity contribution >= 4 is 11.0 Å².